The number of ether oxygens (including phenoxy) is 2. The van der Waals surface area contributed by atoms with Crippen molar-refractivity contribution < 1.29 is 14.3 Å². The highest BCUT2D eigenvalue weighted by molar-refractivity contribution is 5.74. The van der Waals surface area contributed by atoms with Crippen LogP contribution in [0.25, 0.3) is 0 Å². The lowest BCUT2D eigenvalue weighted by Gasteiger charge is -2.01. The molecule has 0 bridgehead atoms. The summed E-state index contributed by atoms with van der Waals surface area (Å²) in [5, 5.41) is 3.10. The topological polar surface area (TPSA) is 73.6 Å². The molecule has 21 heavy (non-hydrogen) atoms. The fourth-order valence-electron chi connectivity index (χ4n) is 1.61. The average molecular weight is 290 g/mol. The van der Waals surface area contributed by atoms with Crippen molar-refractivity contribution in [1.82, 2.24) is 5.32 Å². The summed E-state index contributed by atoms with van der Waals surface area (Å²) in [4.78, 5) is 10.4. The first-order chi connectivity index (χ1) is 10.2. The van der Waals surface area contributed by atoms with Crippen LogP contribution in [0.15, 0.2) is 24.3 Å². The van der Waals surface area contributed by atoms with E-state index in [4.69, 9.17) is 15.2 Å². The van der Waals surface area contributed by atoms with E-state index in [1.165, 1.54) is 5.56 Å². The van der Waals surface area contributed by atoms with Crippen molar-refractivity contribution in [2.45, 2.75) is 13.0 Å². The second-order valence-corrected chi connectivity index (χ2v) is 4.45. The van der Waals surface area contributed by atoms with Gasteiger partial charge in [-0.25, -0.2) is 0 Å². The summed E-state index contributed by atoms with van der Waals surface area (Å²) in [6.45, 7) is 2.21. The highest BCUT2D eigenvalue weighted by Gasteiger charge is 1.93. The molecule has 3 N–H and O–H groups in total. The highest BCUT2D eigenvalue weighted by atomic mass is 16.5. The molecular formula is C16H22N2O3. The third-order valence-corrected chi connectivity index (χ3v) is 2.56. The number of carbonyl (C=O) groups is 1. The molecule has 0 radical (unpaired) electrons. The number of primary amides is 1. The van der Waals surface area contributed by atoms with Crippen LogP contribution in [0.2, 0.25) is 0 Å². The van der Waals surface area contributed by atoms with Gasteiger partial charge < -0.3 is 20.5 Å². The van der Waals surface area contributed by atoms with E-state index in [0.29, 0.717) is 26.2 Å². The Kier molecular flexibility index (Phi) is 8.89. The van der Waals surface area contributed by atoms with Gasteiger partial charge >= 0.3 is 0 Å². The second kappa shape index (κ2) is 10.9. The van der Waals surface area contributed by atoms with E-state index in [1.54, 1.807) is 0 Å². The molecule has 0 aliphatic carbocycles. The first kappa shape index (κ1) is 17.2. The predicted octanol–water partition coefficient (Wildman–Crippen LogP) is 0.666. The monoisotopic (exact) mass is 290 g/mol. The maximum atomic E-state index is 10.4. The lowest BCUT2D eigenvalue weighted by atomic mass is 10.1. The number of rotatable bonds is 9. The number of hydrogen-bond acceptors (Lipinski definition) is 4. The first-order valence-corrected chi connectivity index (χ1v) is 6.88. The molecule has 1 aromatic carbocycles. The summed E-state index contributed by atoms with van der Waals surface area (Å²) in [5.74, 6) is 5.55. The average Bonchev–Trinajstić information content (AvgIpc) is 2.47. The van der Waals surface area contributed by atoms with Gasteiger partial charge in [0.1, 0.15) is 13.2 Å². The van der Waals surface area contributed by atoms with Crippen molar-refractivity contribution in [1.29, 1.82) is 0 Å². The number of nitrogens with two attached hydrogens (primary N) is 1. The van der Waals surface area contributed by atoms with E-state index >= 15 is 0 Å². The van der Waals surface area contributed by atoms with Crippen molar-refractivity contribution in [3.05, 3.63) is 35.4 Å². The highest BCUT2D eigenvalue weighted by Crippen LogP contribution is 2.02. The molecule has 0 aliphatic heterocycles. The van der Waals surface area contributed by atoms with Gasteiger partial charge in [-0.15, -0.1) is 0 Å². The van der Waals surface area contributed by atoms with Crippen LogP contribution >= 0.6 is 0 Å². The van der Waals surface area contributed by atoms with Gasteiger partial charge in [-0.1, -0.05) is 24.0 Å². The van der Waals surface area contributed by atoms with Gasteiger partial charge in [0.25, 0.3) is 0 Å². The summed E-state index contributed by atoms with van der Waals surface area (Å²) in [7, 11) is 1.92. The third-order valence-electron chi connectivity index (χ3n) is 2.56. The Morgan fingerprint density at radius 3 is 2.62 bits per heavy atom. The van der Waals surface area contributed by atoms with Crippen LogP contribution in [0.4, 0.5) is 0 Å². The van der Waals surface area contributed by atoms with Crippen molar-refractivity contribution in [3.63, 3.8) is 0 Å². The molecular weight excluding hydrogens is 268 g/mol. The summed E-state index contributed by atoms with van der Waals surface area (Å²) in [6, 6.07) is 8.10. The van der Waals surface area contributed by atoms with Crippen molar-refractivity contribution in [2.75, 3.05) is 33.5 Å². The fourth-order valence-corrected chi connectivity index (χ4v) is 1.61. The predicted molar refractivity (Wildman–Crippen MR) is 81.5 cm³/mol. The minimum atomic E-state index is -0.456. The molecule has 1 rings (SSSR count). The van der Waals surface area contributed by atoms with Gasteiger partial charge in [-0.3, -0.25) is 4.79 Å². The quantitative estimate of drug-likeness (QED) is 0.518. The SMILES string of the molecule is CNCc1ccc(C#CCOCCCOCC(N)=O)cc1. The molecule has 0 aliphatic rings. The van der Waals surface area contributed by atoms with Crippen LogP contribution in [0.5, 0.6) is 0 Å². The zero-order chi connectivity index (χ0) is 15.3. The van der Waals surface area contributed by atoms with E-state index in [0.717, 1.165) is 12.1 Å². The Labute approximate surface area is 125 Å². The minimum Gasteiger partial charge on any atom is -0.372 e. The maximum absolute atomic E-state index is 10.4. The number of nitrogens with one attached hydrogen (secondary N) is 1. The lowest BCUT2D eigenvalue weighted by molar-refractivity contribution is -0.122. The summed E-state index contributed by atoms with van der Waals surface area (Å²) >= 11 is 0. The van der Waals surface area contributed by atoms with Crippen LogP contribution < -0.4 is 11.1 Å². The molecule has 0 unspecified atom stereocenters. The largest absolute Gasteiger partial charge is 0.372 e. The van der Waals surface area contributed by atoms with Crippen molar-refractivity contribution >= 4 is 5.91 Å². The van der Waals surface area contributed by atoms with Gasteiger partial charge in [0.2, 0.25) is 5.91 Å². The Balaban J connectivity index is 2.11. The van der Waals surface area contributed by atoms with E-state index in [9.17, 15) is 4.79 Å². The summed E-state index contributed by atoms with van der Waals surface area (Å²) < 4.78 is 10.4. The summed E-state index contributed by atoms with van der Waals surface area (Å²) in [6.07, 6.45) is 0.716. The minimum absolute atomic E-state index is 0.0383. The second-order valence-electron chi connectivity index (χ2n) is 4.45. The van der Waals surface area contributed by atoms with E-state index in [-0.39, 0.29) is 6.61 Å². The normalized spacial score (nSPS) is 9.95. The van der Waals surface area contributed by atoms with Gasteiger partial charge in [0.05, 0.1) is 6.61 Å². The van der Waals surface area contributed by atoms with Gasteiger partial charge in [0.15, 0.2) is 0 Å². The fraction of sp³-hybridized carbons (Fsp3) is 0.438. The zero-order valence-corrected chi connectivity index (χ0v) is 12.4. The Bertz CT molecular complexity index is 475. The molecule has 0 heterocycles. The van der Waals surface area contributed by atoms with Gasteiger partial charge in [-0.05, 0) is 31.2 Å². The van der Waals surface area contributed by atoms with Crippen LogP contribution in [0.1, 0.15) is 17.5 Å². The van der Waals surface area contributed by atoms with E-state index in [1.807, 2.05) is 19.2 Å². The smallest absolute Gasteiger partial charge is 0.243 e. The Morgan fingerprint density at radius 2 is 1.95 bits per heavy atom. The standard InChI is InChI=1S/C16H22N2O3/c1-18-12-15-7-5-14(6-8-15)4-2-9-20-10-3-11-21-13-16(17)19/h5-8,18H,3,9-13H2,1H3,(H2,17,19). The number of benzene rings is 1. The van der Waals surface area contributed by atoms with Crippen LogP contribution in [0, 0.1) is 11.8 Å². The molecule has 5 nitrogen and oxygen atoms in total. The van der Waals surface area contributed by atoms with Crippen molar-refractivity contribution in [3.8, 4) is 11.8 Å². The maximum Gasteiger partial charge on any atom is 0.243 e. The molecule has 1 aromatic rings. The molecule has 1 amide bonds. The Morgan fingerprint density at radius 1 is 1.24 bits per heavy atom. The first-order valence-electron chi connectivity index (χ1n) is 6.88. The zero-order valence-electron chi connectivity index (χ0n) is 12.4. The van der Waals surface area contributed by atoms with Crippen LogP contribution in [0.3, 0.4) is 0 Å². The molecule has 0 saturated carbocycles. The molecule has 0 atom stereocenters. The van der Waals surface area contributed by atoms with Gasteiger partial charge in [-0.2, -0.15) is 0 Å². The van der Waals surface area contributed by atoms with Crippen LogP contribution in [-0.2, 0) is 20.8 Å². The van der Waals surface area contributed by atoms with Gasteiger partial charge in [0, 0.05) is 18.7 Å². The molecule has 5 heteroatoms. The molecule has 0 spiro atoms. The lowest BCUT2D eigenvalue weighted by Crippen LogP contribution is -2.18. The van der Waals surface area contributed by atoms with E-state index in [2.05, 4.69) is 29.3 Å². The molecule has 0 fully saturated rings. The number of hydrogen-bond donors (Lipinski definition) is 2. The molecule has 114 valence electrons. The van der Waals surface area contributed by atoms with Crippen LogP contribution in [-0.4, -0.2) is 39.4 Å². The number of amides is 1. The summed E-state index contributed by atoms with van der Waals surface area (Å²) in [5.41, 5.74) is 7.14. The third kappa shape index (κ3) is 8.82. The number of carbonyl (C=O) groups excluding carboxylic acids is 1. The molecule has 0 aromatic heterocycles. The molecule has 0 saturated heterocycles. The van der Waals surface area contributed by atoms with Crippen molar-refractivity contribution in [2.24, 2.45) is 5.73 Å². The Hall–Kier alpha value is -1.87. The van der Waals surface area contributed by atoms with E-state index < -0.39 is 5.91 Å².